The van der Waals surface area contributed by atoms with Crippen LogP contribution in [0.1, 0.15) is 61.9 Å². The zero-order valence-electron chi connectivity index (χ0n) is 20.2. The lowest BCUT2D eigenvalue weighted by molar-refractivity contribution is -0.137. The van der Waals surface area contributed by atoms with E-state index in [1.165, 1.54) is 0 Å². The number of phenols is 2. The van der Waals surface area contributed by atoms with Gasteiger partial charge in [-0.1, -0.05) is 41.9 Å². The summed E-state index contributed by atoms with van der Waals surface area (Å²) in [4.78, 5) is 32.5. The minimum absolute atomic E-state index is 0.0295. The third-order valence-electron chi connectivity index (χ3n) is 6.02. The Hall–Kier alpha value is -3.00. The summed E-state index contributed by atoms with van der Waals surface area (Å²) in [5.74, 6) is -1.46. The van der Waals surface area contributed by atoms with E-state index in [-0.39, 0.29) is 46.8 Å². The van der Waals surface area contributed by atoms with Crippen molar-refractivity contribution in [2.24, 2.45) is 11.1 Å². The minimum atomic E-state index is -0.755. The van der Waals surface area contributed by atoms with Gasteiger partial charge in [0, 0.05) is 32.0 Å². The molecule has 2 N–H and O–H groups in total. The van der Waals surface area contributed by atoms with Crippen molar-refractivity contribution < 1.29 is 29.4 Å². The molecule has 0 unspecified atom stereocenters. The number of carbonyl (C=O) groups excluding carboxylic acids is 2. The normalized spacial score (nSPS) is 24.7. The molecule has 0 bridgehead atoms. The molecule has 2 atom stereocenters. The topological polar surface area (TPSA) is 109 Å². The van der Waals surface area contributed by atoms with Gasteiger partial charge in [-0.3, -0.25) is 4.79 Å². The van der Waals surface area contributed by atoms with E-state index >= 15 is 0 Å². The molecule has 1 fully saturated rings. The molecule has 1 amide bonds. The number of nitrogens with zero attached hydrogens (tertiary/aromatic N) is 2. The first-order valence-corrected chi connectivity index (χ1v) is 12.4. The summed E-state index contributed by atoms with van der Waals surface area (Å²) >= 11 is 6.35. The van der Waals surface area contributed by atoms with Gasteiger partial charge < -0.3 is 24.7 Å². The number of piperidine rings is 1. The third kappa shape index (κ3) is 7.49. The van der Waals surface area contributed by atoms with Crippen molar-refractivity contribution in [3.8, 4) is 11.5 Å². The Morgan fingerprint density at radius 1 is 1.17 bits per heavy atom. The number of fused-ring (bicyclic) bond motifs is 1. The Kier molecular flexibility index (Phi) is 9.60. The Balaban J connectivity index is 1.91. The lowest BCUT2D eigenvalue weighted by Gasteiger charge is -2.26. The van der Waals surface area contributed by atoms with Gasteiger partial charge in [-0.25, -0.2) is 4.79 Å². The Morgan fingerprint density at radius 3 is 2.66 bits per heavy atom. The van der Waals surface area contributed by atoms with Crippen LogP contribution < -0.4 is 0 Å². The molecule has 2 heterocycles. The van der Waals surface area contributed by atoms with Crippen LogP contribution in [0.15, 0.2) is 35.5 Å². The van der Waals surface area contributed by atoms with E-state index in [1.54, 1.807) is 17.9 Å². The summed E-state index contributed by atoms with van der Waals surface area (Å²) < 4.78 is 5.52. The number of phenolic OH excluding ortho intramolecular Hbond substituents is 2. The summed E-state index contributed by atoms with van der Waals surface area (Å²) in [5.41, 5.74) is 0.398. The maximum Gasteiger partial charge on any atom is 0.342 e. The molecule has 2 aliphatic rings. The highest BCUT2D eigenvalue weighted by molar-refractivity contribution is 6.33. The van der Waals surface area contributed by atoms with E-state index in [1.807, 2.05) is 18.2 Å². The molecule has 2 aliphatic heterocycles. The highest BCUT2D eigenvalue weighted by Crippen LogP contribution is 2.37. The van der Waals surface area contributed by atoms with Gasteiger partial charge in [-0.05, 0) is 50.2 Å². The first-order valence-electron chi connectivity index (χ1n) is 12.0. The van der Waals surface area contributed by atoms with E-state index < -0.39 is 17.8 Å². The van der Waals surface area contributed by atoms with Gasteiger partial charge in [0.2, 0.25) is 0 Å². The fourth-order valence-electron chi connectivity index (χ4n) is 4.08. The predicted molar refractivity (Wildman–Crippen MR) is 134 cm³/mol. The van der Waals surface area contributed by atoms with Crippen molar-refractivity contribution in [1.29, 1.82) is 0 Å². The smallest absolute Gasteiger partial charge is 0.342 e. The molecule has 0 spiro atoms. The average Bonchev–Trinajstić information content (AvgIpc) is 2.82. The number of allylic oxidation sites excluding steroid dienone is 3. The van der Waals surface area contributed by atoms with Crippen molar-refractivity contribution in [1.82, 2.24) is 4.90 Å². The summed E-state index contributed by atoms with van der Waals surface area (Å²) in [7, 11) is 0. The van der Waals surface area contributed by atoms with Gasteiger partial charge in [0.15, 0.2) is 6.61 Å². The van der Waals surface area contributed by atoms with Gasteiger partial charge in [0.25, 0.3) is 5.91 Å². The molecule has 35 heavy (non-hydrogen) atoms. The molecular formula is C26H33ClN2O6. The molecule has 1 aromatic rings. The first-order chi connectivity index (χ1) is 16.8. The van der Waals surface area contributed by atoms with E-state index in [0.717, 1.165) is 31.7 Å². The number of carbonyl (C=O) groups is 2. The quantitative estimate of drug-likeness (QED) is 0.349. The minimum Gasteiger partial charge on any atom is -0.507 e. The molecule has 3 rings (SSSR count). The number of ether oxygens (including phenoxy) is 1. The van der Waals surface area contributed by atoms with Crippen molar-refractivity contribution in [3.63, 3.8) is 0 Å². The van der Waals surface area contributed by atoms with Crippen LogP contribution in [0.2, 0.25) is 5.02 Å². The van der Waals surface area contributed by atoms with Crippen molar-refractivity contribution >= 4 is 29.2 Å². The summed E-state index contributed by atoms with van der Waals surface area (Å²) in [6.07, 6.45) is 11.5. The number of esters is 1. The lowest BCUT2D eigenvalue weighted by atomic mass is 9.98. The van der Waals surface area contributed by atoms with E-state index in [2.05, 4.69) is 12.1 Å². The average molecular weight is 505 g/mol. The van der Waals surface area contributed by atoms with Crippen molar-refractivity contribution in [2.45, 2.75) is 58.5 Å². The molecule has 190 valence electrons. The van der Waals surface area contributed by atoms with Crippen LogP contribution in [0, 0.1) is 5.92 Å². The largest absolute Gasteiger partial charge is 0.507 e. The molecule has 8 nitrogen and oxygen atoms in total. The second-order valence-corrected chi connectivity index (χ2v) is 9.43. The zero-order valence-corrected chi connectivity index (χ0v) is 21.0. The second kappa shape index (κ2) is 12.6. The number of benzene rings is 1. The maximum absolute atomic E-state index is 12.9. The highest BCUT2D eigenvalue weighted by atomic mass is 35.5. The highest BCUT2D eigenvalue weighted by Gasteiger charge is 2.26. The van der Waals surface area contributed by atoms with Crippen LogP contribution >= 0.6 is 11.6 Å². The monoisotopic (exact) mass is 504 g/mol. The lowest BCUT2D eigenvalue weighted by Crippen LogP contribution is -2.37. The van der Waals surface area contributed by atoms with E-state index in [0.29, 0.717) is 25.2 Å². The van der Waals surface area contributed by atoms with E-state index in [9.17, 15) is 19.8 Å². The van der Waals surface area contributed by atoms with E-state index in [4.69, 9.17) is 21.2 Å². The Labute approximate surface area is 210 Å². The fourth-order valence-corrected chi connectivity index (χ4v) is 4.29. The van der Waals surface area contributed by atoms with Gasteiger partial charge in [0.05, 0.1) is 10.7 Å². The molecule has 0 saturated carbocycles. The molecular weight excluding hydrogens is 472 g/mol. The summed E-state index contributed by atoms with van der Waals surface area (Å²) in [6, 6.07) is 1.01. The second-order valence-electron chi connectivity index (χ2n) is 9.05. The Morgan fingerprint density at radius 2 is 1.91 bits per heavy atom. The van der Waals surface area contributed by atoms with Gasteiger partial charge in [-0.15, -0.1) is 0 Å². The zero-order chi connectivity index (χ0) is 25.4. The number of rotatable bonds is 3. The number of halogens is 1. The standard InChI is InChI=1S/C26H33ClN2O6/c1-17-8-6-10-18(2)35-26(33)24-20(25(27)22(31)15-21(24)30)14-19(11-7-9-17)28-34-16-23(32)29-12-4-3-5-13-29/h6-8,11,15,17-18,30-31H,3-5,9-10,12-14,16H2,1-2H3/b8-6+,11-7+,28-19+/t17-,18-/m1/s1. The number of oxime groups is 1. The first kappa shape index (κ1) is 26.6. The van der Waals surface area contributed by atoms with Gasteiger partial charge >= 0.3 is 5.97 Å². The fraction of sp³-hybridized carbons (Fsp3) is 0.500. The van der Waals surface area contributed by atoms with Crippen LogP contribution in [-0.2, 0) is 20.8 Å². The molecule has 0 aromatic heterocycles. The molecule has 0 aliphatic carbocycles. The SMILES string of the molecule is C[C@@H]1/C=C/C[C@@H](C)OC(=O)c2c(O)cc(O)c(Cl)c2CC(=N/OCC(=O)N2CCCCC2)/C=C/C1. The van der Waals surface area contributed by atoms with Crippen LogP contribution in [0.4, 0.5) is 0 Å². The molecule has 9 heteroatoms. The number of amides is 1. The number of hydrogen-bond donors (Lipinski definition) is 2. The van der Waals surface area contributed by atoms with Crippen LogP contribution in [-0.4, -0.2) is 58.5 Å². The van der Waals surface area contributed by atoms with Crippen LogP contribution in [0.5, 0.6) is 11.5 Å². The predicted octanol–water partition coefficient (Wildman–Crippen LogP) is 4.77. The van der Waals surface area contributed by atoms with Gasteiger partial charge in [-0.2, -0.15) is 0 Å². The summed E-state index contributed by atoms with van der Waals surface area (Å²) in [6.45, 7) is 5.05. The third-order valence-corrected chi connectivity index (χ3v) is 6.44. The number of likely N-dealkylation sites (tertiary alicyclic amines) is 1. The summed E-state index contributed by atoms with van der Waals surface area (Å²) in [5, 5.41) is 24.7. The number of cyclic esters (lactones) is 1. The molecule has 1 saturated heterocycles. The van der Waals surface area contributed by atoms with Crippen LogP contribution in [0.25, 0.3) is 0 Å². The van der Waals surface area contributed by atoms with Gasteiger partial charge in [0.1, 0.15) is 23.2 Å². The molecule has 0 radical (unpaired) electrons. The maximum atomic E-state index is 12.9. The van der Waals surface area contributed by atoms with Crippen molar-refractivity contribution in [2.75, 3.05) is 19.7 Å². The van der Waals surface area contributed by atoms with Crippen LogP contribution in [0.3, 0.4) is 0 Å². The number of aromatic hydroxyl groups is 2. The van der Waals surface area contributed by atoms with Crippen molar-refractivity contribution in [3.05, 3.63) is 46.5 Å². The Bertz CT molecular complexity index is 1010. The molecule has 1 aromatic carbocycles. The number of hydrogen-bond acceptors (Lipinski definition) is 7.